The van der Waals surface area contributed by atoms with E-state index in [2.05, 4.69) is 10.6 Å². The third kappa shape index (κ3) is 4.51. The number of urea groups is 1. The molecule has 116 valence electrons. The summed E-state index contributed by atoms with van der Waals surface area (Å²) in [4.78, 5) is 11.7. The highest BCUT2D eigenvalue weighted by atomic mass is 35.5. The molecular formula is C15H21ClN2O3. The zero-order chi connectivity index (χ0) is 15.3. The smallest absolute Gasteiger partial charge is 0.315 e. The molecule has 0 aliphatic heterocycles. The van der Waals surface area contributed by atoms with Gasteiger partial charge in [-0.1, -0.05) is 17.7 Å². The Morgan fingerprint density at radius 2 is 2.19 bits per heavy atom. The quantitative estimate of drug-likeness (QED) is 0.755. The van der Waals surface area contributed by atoms with Gasteiger partial charge in [0.15, 0.2) is 0 Å². The Bertz CT molecular complexity index is 504. The van der Waals surface area contributed by atoms with Crippen molar-refractivity contribution >= 4 is 17.6 Å². The normalized spacial score (nSPS) is 16.0. The van der Waals surface area contributed by atoms with Gasteiger partial charge in [-0.2, -0.15) is 0 Å². The van der Waals surface area contributed by atoms with Gasteiger partial charge in [-0.25, -0.2) is 4.79 Å². The van der Waals surface area contributed by atoms with Crippen molar-refractivity contribution in [3.8, 4) is 5.75 Å². The summed E-state index contributed by atoms with van der Waals surface area (Å²) >= 11 is 5.93. The molecule has 2 rings (SSSR count). The summed E-state index contributed by atoms with van der Waals surface area (Å²) in [7, 11) is 0. The number of rotatable bonds is 6. The number of nitrogens with one attached hydrogen (secondary N) is 2. The molecule has 0 atom stereocenters. The van der Waals surface area contributed by atoms with Crippen molar-refractivity contribution in [2.75, 3.05) is 13.2 Å². The topological polar surface area (TPSA) is 70.6 Å². The van der Waals surface area contributed by atoms with Gasteiger partial charge in [-0.05, 0) is 38.3 Å². The highest BCUT2D eigenvalue weighted by Crippen LogP contribution is 2.30. The minimum atomic E-state index is -0.714. The maximum Gasteiger partial charge on any atom is 0.315 e. The Kier molecular flexibility index (Phi) is 5.31. The van der Waals surface area contributed by atoms with E-state index in [0.29, 0.717) is 23.9 Å². The summed E-state index contributed by atoms with van der Waals surface area (Å²) in [5, 5.41) is 16.0. The fraction of sp³-hybridized carbons (Fsp3) is 0.533. The van der Waals surface area contributed by atoms with Crippen LogP contribution in [0.3, 0.4) is 0 Å². The Labute approximate surface area is 129 Å². The van der Waals surface area contributed by atoms with E-state index >= 15 is 0 Å². The summed E-state index contributed by atoms with van der Waals surface area (Å²) in [6.45, 7) is 3.06. The van der Waals surface area contributed by atoms with Crippen LogP contribution >= 0.6 is 11.6 Å². The molecule has 1 saturated carbocycles. The van der Waals surface area contributed by atoms with Crippen LogP contribution < -0.4 is 15.4 Å². The number of hydrogen-bond acceptors (Lipinski definition) is 3. The first kappa shape index (κ1) is 15.9. The molecule has 0 radical (unpaired) electrons. The molecule has 0 heterocycles. The number of benzene rings is 1. The van der Waals surface area contributed by atoms with Gasteiger partial charge >= 0.3 is 6.03 Å². The first-order valence-corrected chi connectivity index (χ1v) is 7.55. The molecular weight excluding hydrogens is 292 g/mol. The molecule has 2 amide bonds. The molecule has 0 spiro atoms. The van der Waals surface area contributed by atoms with Gasteiger partial charge in [0.05, 0.1) is 12.2 Å². The van der Waals surface area contributed by atoms with Gasteiger partial charge in [0.25, 0.3) is 0 Å². The minimum absolute atomic E-state index is 0.289. The van der Waals surface area contributed by atoms with E-state index in [-0.39, 0.29) is 12.6 Å². The Morgan fingerprint density at radius 1 is 1.43 bits per heavy atom. The summed E-state index contributed by atoms with van der Waals surface area (Å²) in [6, 6.07) is 5.02. The first-order chi connectivity index (χ1) is 10.0. The van der Waals surface area contributed by atoms with Gasteiger partial charge < -0.3 is 20.5 Å². The lowest BCUT2D eigenvalue weighted by Gasteiger charge is -2.36. The molecule has 21 heavy (non-hydrogen) atoms. The third-order valence-corrected chi connectivity index (χ3v) is 3.87. The van der Waals surface area contributed by atoms with Crippen molar-refractivity contribution in [3.05, 3.63) is 28.8 Å². The number of aliphatic hydroxyl groups is 1. The molecule has 1 aromatic rings. The highest BCUT2D eigenvalue weighted by Gasteiger charge is 2.34. The Balaban J connectivity index is 1.83. The fourth-order valence-corrected chi connectivity index (χ4v) is 2.37. The van der Waals surface area contributed by atoms with E-state index in [1.807, 2.05) is 13.0 Å². The molecule has 5 nitrogen and oxygen atoms in total. The van der Waals surface area contributed by atoms with Gasteiger partial charge in [-0.3, -0.25) is 0 Å². The van der Waals surface area contributed by atoms with E-state index in [0.717, 1.165) is 24.8 Å². The van der Waals surface area contributed by atoms with Crippen molar-refractivity contribution in [2.24, 2.45) is 0 Å². The van der Waals surface area contributed by atoms with Crippen molar-refractivity contribution in [3.63, 3.8) is 0 Å². The van der Waals surface area contributed by atoms with E-state index in [9.17, 15) is 9.90 Å². The summed E-state index contributed by atoms with van der Waals surface area (Å²) < 4.78 is 5.49. The van der Waals surface area contributed by atoms with E-state index in [1.165, 1.54) is 0 Å². The maximum absolute atomic E-state index is 11.7. The zero-order valence-electron chi connectivity index (χ0n) is 12.1. The maximum atomic E-state index is 11.7. The number of carbonyl (C=O) groups excluding carboxylic acids is 1. The van der Waals surface area contributed by atoms with Crippen LogP contribution in [-0.4, -0.2) is 29.9 Å². The molecule has 0 bridgehead atoms. The lowest BCUT2D eigenvalue weighted by Crippen LogP contribution is -2.49. The third-order valence-electron chi connectivity index (χ3n) is 3.63. The Hall–Kier alpha value is -1.46. The predicted molar refractivity (Wildman–Crippen MR) is 81.7 cm³/mol. The van der Waals surface area contributed by atoms with Crippen LogP contribution in [0.25, 0.3) is 0 Å². The van der Waals surface area contributed by atoms with Crippen molar-refractivity contribution in [2.45, 2.75) is 38.3 Å². The molecule has 1 aliphatic carbocycles. The Morgan fingerprint density at radius 3 is 2.81 bits per heavy atom. The first-order valence-electron chi connectivity index (χ1n) is 7.18. The van der Waals surface area contributed by atoms with E-state index in [4.69, 9.17) is 16.3 Å². The van der Waals surface area contributed by atoms with Crippen LogP contribution in [0.2, 0.25) is 5.02 Å². The van der Waals surface area contributed by atoms with Gasteiger partial charge in [0, 0.05) is 23.7 Å². The van der Waals surface area contributed by atoms with Crippen molar-refractivity contribution in [1.82, 2.24) is 10.6 Å². The van der Waals surface area contributed by atoms with Crippen LogP contribution in [0.4, 0.5) is 4.79 Å². The highest BCUT2D eigenvalue weighted by molar-refractivity contribution is 6.30. The molecule has 6 heteroatoms. The monoisotopic (exact) mass is 312 g/mol. The van der Waals surface area contributed by atoms with Gasteiger partial charge in [0.1, 0.15) is 5.75 Å². The van der Waals surface area contributed by atoms with Crippen molar-refractivity contribution < 1.29 is 14.6 Å². The summed E-state index contributed by atoms with van der Waals surface area (Å²) in [5.41, 5.74) is 0.146. The molecule has 0 aromatic heterocycles. The van der Waals surface area contributed by atoms with E-state index < -0.39 is 5.60 Å². The van der Waals surface area contributed by atoms with Crippen LogP contribution in [-0.2, 0) is 6.54 Å². The second-order valence-corrected chi connectivity index (χ2v) is 5.74. The standard InChI is InChI=1S/C15H21ClN2O3/c1-2-21-13-8-12(16)5-4-11(13)9-17-14(19)18-10-15(20)6-3-7-15/h4-5,8,20H,2-3,6-7,9-10H2,1H3,(H2,17,18,19). The summed E-state index contributed by atoms with van der Waals surface area (Å²) in [5.74, 6) is 0.669. The number of carbonyl (C=O) groups is 1. The van der Waals surface area contributed by atoms with Gasteiger partial charge in [-0.15, -0.1) is 0 Å². The zero-order valence-corrected chi connectivity index (χ0v) is 12.9. The largest absolute Gasteiger partial charge is 0.493 e. The van der Waals surface area contributed by atoms with Gasteiger partial charge in [0.2, 0.25) is 0 Å². The van der Waals surface area contributed by atoms with E-state index in [1.54, 1.807) is 12.1 Å². The second-order valence-electron chi connectivity index (χ2n) is 5.30. The molecule has 0 unspecified atom stereocenters. The average Bonchev–Trinajstić information content (AvgIpc) is 2.42. The minimum Gasteiger partial charge on any atom is -0.493 e. The number of ether oxygens (including phenoxy) is 1. The molecule has 1 aromatic carbocycles. The molecule has 3 N–H and O–H groups in total. The lowest BCUT2D eigenvalue weighted by molar-refractivity contribution is -0.0290. The lowest BCUT2D eigenvalue weighted by atomic mass is 9.80. The average molecular weight is 313 g/mol. The molecule has 1 fully saturated rings. The number of halogens is 1. The van der Waals surface area contributed by atoms with Crippen LogP contribution in [0.1, 0.15) is 31.7 Å². The predicted octanol–water partition coefficient (Wildman–Crippen LogP) is 2.45. The van der Waals surface area contributed by atoms with Crippen LogP contribution in [0.5, 0.6) is 5.75 Å². The van der Waals surface area contributed by atoms with Crippen molar-refractivity contribution in [1.29, 1.82) is 0 Å². The van der Waals surface area contributed by atoms with Crippen LogP contribution in [0.15, 0.2) is 18.2 Å². The fourth-order valence-electron chi connectivity index (χ4n) is 2.21. The molecule has 1 aliphatic rings. The van der Waals surface area contributed by atoms with Crippen LogP contribution in [0, 0.1) is 0 Å². The SMILES string of the molecule is CCOc1cc(Cl)ccc1CNC(=O)NCC1(O)CCC1. The summed E-state index contributed by atoms with van der Waals surface area (Å²) in [6.07, 6.45) is 2.51. The number of hydrogen-bond donors (Lipinski definition) is 3. The molecule has 0 saturated heterocycles. The number of amides is 2. The second kappa shape index (κ2) is 7.00.